The predicted octanol–water partition coefficient (Wildman–Crippen LogP) is 2.23. The van der Waals surface area contributed by atoms with Crippen molar-refractivity contribution in [1.29, 1.82) is 0 Å². The van der Waals surface area contributed by atoms with Crippen molar-refractivity contribution in [3.63, 3.8) is 0 Å². The van der Waals surface area contributed by atoms with E-state index >= 15 is 0 Å². The summed E-state index contributed by atoms with van der Waals surface area (Å²) in [5.74, 6) is -0.732. The summed E-state index contributed by atoms with van der Waals surface area (Å²) in [5, 5.41) is 0. The average Bonchev–Trinajstić information content (AvgIpc) is 2.59. The van der Waals surface area contributed by atoms with Gasteiger partial charge in [-0.05, 0) is 45.0 Å². The molecule has 0 radical (unpaired) electrons. The number of benzene rings is 1. The van der Waals surface area contributed by atoms with Crippen LogP contribution >= 0.6 is 15.9 Å². The molecule has 0 N–H and O–H groups in total. The summed E-state index contributed by atoms with van der Waals surface area (Å²) in [4.78, 5) is 25.9. The van der Waals surface area contributed by atoms with Gasteiger partial charge in [-0.2, -0.15) is 4.31 Å². The lowest BCUT2D eigenvalue weighted by atomic mass is 10.2. The van der Waals surface area contributed by atoms with Crippen molar-refractivity contribution in [3.05, 3.63) is 28.7 Å². The molecule has 1 atom stereocenters. The lowest BCUT2D eigenvalue weighted by Crippen LogP contribution is -2.59. The zero-order valence-electron chi connectivity index (χ0n) is 15.6. The highest BCUT2D eigenvalue weighted by atomic mass is 79.9. The monoisotopic (exact) mass is 462 g/mol. The second-order valence-corrected chi connectivity index (χ2v) is 9.84. The van der Waals surface area contributed by atoms with E-state index in [-0.39, 0.29) is 24.5 Å². The number of hydrogen-bond donors (Lipinski definition) is 0. The molecular formula is C17H23BrN2O6S. The molecule has 1 amide bonds. The predicted molar refractivity (Wildman–Crippen MR) is 102 cm³/mol. The SMILES string of the molecule is COC(=O)C1CN(C(=O)OC(C)(C)C)CCN1S(=O)(=O)c1ccc(Br)cc1. The molecule has 27 heavy (non-hydrogen) atoms. The average molecular weight is 463 g/mol. The molecule has 0 spiro atoms. The fourth-order valence-electron chi connectivity index (χ4n) is 2.62. The van der Waals surface area contributed by atoms with E-state index in [1.165, 1.54) is 24.1 Å². The van der Waals surface area contributed by atoms with Gasteiger partial charge in [0.15, 0.2) is 0 Å². The molecule has 0 aliphatic carbocycles. The topological polar surface area (TPSA) is 93.2 Å². The molecule has 1 aromatic rings. The lowest BCUT2D eigenvalue weighted by Gasteiger charge is -2.39. The maximum atomic E-state index is 13.0. The number of carbonyl (C=O) groups excluding carboxylic acids is 2. The molecule has 8 nitrogen and oxygen atoms in total. The number of methoxy groups -OCH3 is 1. The van der Waals surface area contributed by atoms with Crippen LogP contribution in [-0.4, -0.2) is 68.1 Å². The molecule has 150 valence electrons. The molecule has 0 saturated carbocycles. The van der Waals surface area contributed by atoms with Crippen molar-refractivity contribution >= 4 is 38.0 Å². The summed E-state index contributed by atoms with van der Waals surface area (Å²) in [5.41, 5.74) is -0.696. The maximum absolute atomic E-state index is 13.0. The van der Waals surface area contributed by atoms with Crippen LogP contribution in [0, 0.1) is 0 Å². The van der Waals surface area contributed by atoms with Crippen molar-refractivity contribution in [3.8, 4) is 0 Å². The molecule has 1 fully saturated rings. The van der Waals surface area contributed by atoms with Gasteiger partial charge in [0.1, 0.15) is 11.6 Å². The molecule has 1 aliphatic heterocycles. The molecule has 1 saturated heterocycles. The Morgan fingerprint density at radius 2 is 1.74 bits per heavy atom. The summed E-state index contributed by atoms with van der Waals surface area (Å²) < 4.78 is 37.9. The van der Waals surface area contributed by atoms with Gasteiger partial charge >= 0.3 is 12.1 Å². The van der Waals surface area contributed by atoms with Crippen molar-refractivity contribution in [2.75, 3.05) is 26.7 Å². The number of hydrogen-bond acceptors (Lipinski definition) is 6. The van der Waals surface area contributed by atoms with Gasteiger partial charge in [-0.3, -0.25) is 4.79 Å². The first-order valence-corrected chi connectivity index (χ1v) is 10.5. The van der Waals surface area contributed by atoms with E-state index in [0.717, 1.165) is 8.78 Å². The molecule has 1 aromatic carbocycles. The molecule has 0 bridgehead atoms. The van der Waals surface area contributed by atoms with Gasteiger partial charge in [0, 0.05) is 17.6 Å². The molecular weight excluding hydrogens is 440 g/mol. The molecule has 0 aromatic heterocycles. The van der Waals surface area contributed by atoms with E-state index in [1.54, 1.807) is 32.9 Å². The van der Waals surface area contributed by atoms with Gasteiger partial charge in [0.05, 0.1) is 18.6 Å². The first kappa shape index (κ1) is 21.6. The molecule has 10 heteroatoms. The molecule has 1 aliphatic rings. The first-order valence-electron chi connectivity index (χ1n) is 8.29. The fourth-order valence-corrected chi connectivity index (χ4v) is 4.44. The highest BCUT2D eigenvalue weighted by Crippen LogP contribution is 2.24. The summed E-state index contributed by atoms with van der Waals surface area (Å²) in [6.07, 6.45) is -0.600. The van der Waals surface area contributed by atoms with Gasteiger partial charge in [0.2, 0.25) is 10.0 Å². The summed E-state index contributed by atoms with van der Waals surface area (Å²) >= 11 is 3.26. The number of esters is 1. The Morgan fingerprint density at radius 3 is 2.26 bits per heavy atom. The Bertz CT molecular complexity index is 804. The van der Waals surface area contributed by atoms with Gasteiger partial charge in [-0.25, -0.2) is 13.2 Å². The minimum Gasteiger partial charge on any atom is -0.468 e. The highest BCUT2D eigenvalue weighted by molar-refractivity contribution is 9.10. The number of sulfonamides is 1. The van der Waals surface area contributed by atoms with E-state index in [1.807, 2.05) is 0 Å². The summed E-state index contributed by atoms with van der Waals surface area (Å²) in [6.45, 7) is 5.12. The Kier molecular flexibility index (Phi) is 6.54. The van der Waals surface area contributed by atoms with Crippen LogP contribution in [0.25, 0.3) is 0 Å². The first-order chi connectivity index (χ1) is 12.5. The molecule has 2 rings (SSSR count). The van der Waals surface area contributed by atoms with E-state index in [2.05, 4.69) is 15.9 Å². The molecule has 1 unspecified atom stereocenters. The largest absolute Gasteiger partial charge is 0.468 e. The van der Waals surface area contributed by atoms with Crippen LogP contribution in [0.4, 0.5) is 4.79 Å². The van der Waals surface area contributed by atoms with Gasteiger partial charge in [0.25, 0.3) is 0 Å². The number of ether oxygens (including phenoxy) is 2. The van der Waals surface area contributed by atoms with Crippen LogP contribution in [0.1, 0.15) is 20.8 Å². The van der Waals surface area contributed by atoms with Crippen molar-refractivity contribution in [2.45, 2.75) is 37.3 Å². The Labute approximate surface area is 167 Å². The Balaban J connectivity index is 2.28. The van der Waals surface area contributed by atoms with Crippen LogP contribution in [0.3, 0.4) is 0 Å². The zero-order chi connectivity index (χ0) is 20.4. The smallest absolute Gasteiger partial charge is 0.410 e. The van der Waals surface area contributed by atoms with Crippen LogP contribution < -0.4 is 0 Å². The van der Waals surface area contributed by atoms with E-state index < -0.39 is 33.7 Å². The molecule has 1 heterocycles. The van der Waals surface area contributed by atoms with Crippen LogP contribution in [0.2, 0.25) is 0 Å². The van der Waals surface area contributed by atoms with Gasteiger partial charge in [-0.1, -0.05) is 15.9 Å². The van der Waals surface area contributed by atoms with Gasteiger partial charge < -0.3 is 14.4 Å². The van der Waals surface area contributed by atoms with Crippen molar-refractivity contribution in [1.82, 2.24) is 9.21 Å². The third-order valence-corrected chi connectivity index (χ3v) is 6.33. The maximum Gasteiger partial charge on any atom is 0.410 e. The van der Waals surface area contributed by atoms with Gasteiger partial charge in [-0.15, -0.1) is 0 Å². The standard InChI is InChI=1S/C17H23BrN2O6S/c1-17(2,3)26-16(22)19-9-10-20(14(11-19)15(21)25-4)27(23,24)13-7-5-12(18)6-8-13/h5-8,14H,9-11H2,1-4H3. The van der Waals surface area contributed by atoms with E-state index in [0.29, 0.717) is 0 Å². The summed E-state index contributed by atoms with van der Waals surface area (Å²) in [6, 6.07) is 4.97. The third kappa shape index (κ3) is 5.20. The number of amides is 1. The number of halogens is 1. The number of nitrogens with zero attached hydrogens (tertiary/aromatic N) is 2. The zero-order valence-corrected chi connectivity index (χ0v) is 18.0. The van der Waals surface area contributed by atoms with Crippen molar-refractivity contribution in [2.24, 2.45) is 0 Å². The van der Waals surface area contributed by atoms with E-state index in [9.17, 15) is 18.0 Å². The summed E-state index contributed by atoms with van der Waals surface area (Å²) in [7, 11) is -2.75. The normalized spacial score (nSPS) is 18.9. The minimum atomic E-state index is -3.93. The second kappa shape index (κ2) is 8.15. The minimum absolute atomic E-state index is 0.0442. The Morgan fingerprint density at radius 1 is 1.15 bits per heavy atom. The second-order valence-electron chi connectivity index (χ2n) is 7.03. The number of carbonyl (C=O) groups is 2. The van der Waals surface area contributed by atoms with Crippen LogP contribution in [0.15, 0.2) is 33.6 Å². The third-order valence-electron chi connectivity index (χ3n) is 3.88. The highest BCUT2D eigenvalue weighted by Gasteiger charge is 2.42. The van der Waals surface area contributed by atoms with Crippen LogP contribution in [0.5, 0.6) is 0 Å². The fraction of sp³-hybridized carbons (Fsp3) is 0.529. The quantitative estimate of drug-likeness (QED) is 0.639. The lowest BCUT2D eigenvalue weighted by molar-refractivity contribution is -0.146. The Hall–Kier alpha value is -1.65. The number of rotatable bonds is 3. The van der Waals surface area contributed by atoms with E-state index in [4.69, 9.17) is 9.47 Å². The van der Waals surface area contributed by atoms with Crippen molar-refractivity contribution < 1.29 is 27.5 Å². The number of piperazine rings is 1. The van der Waals surface area contributed by atoms with Crippen LogP contribution in [-0.2, 0) is 24.3 Å².